The van der Waals surface area contributed by atoms with Gasteiger partial charge in [0.15, 0.2) is 0 Å². The van der Waals surface area contributed by atoms with E-state index in [2.05, 4.69) is 21.2 Å². The van der Waals surface area contributed by atoms with E-state index in [1.807, 2.05) is 0 Å². The van der Waals surface area contributed by atoms with Gasteiger partial charge in [0.2, 0.25) is 0 Å². The molecule has 21 heavy (non-hydrogen) atoms. The van der Waals surface area contributed by atoms with Crippen LogP contribution in [-0.4, -0.2) is 5.91 Å². The molecule has 0 unspecified atom stereocenters. The van der Waals surface area contributed by atoms with E-state index in [-0.39, 0.29) is 27.0 Å². The zero-order valence-electron chi connectivity index (χ0n) is 10.5. The number of carbonyl (C=O) groups is 1. The van der Waals surface area contributed by atoms with Crippen molar-refractivity contribution in [3.63, 3.8) is 0 Å². The predicted molar refractivity (Wildman–Crippen MR) is 77.6 cm³/mol. The molecule has 0 aliphatic rings. The monoisotopic (exact) mass is 351 g/mol. The number of anilines is 2. The van der Waals surface area contributed by atoms with Gasteiger partial charge in [-0.1, -0.05) is 6.07 Å². The molecule has 1 amide bonds. The Kier molecular flexibility index (Phi) is 4.19. The summed E-state index contributed by atoms with van der Waals surface area (Å²) in [6, 6.07) is 7.74. The normalized spacial score (nSPS) is 10.0. The van der Waals surface area contributed by atoms with E-state index in [1.165, 1.54) is 12.1 Å². The number of benzene rings is 2. The smallest absolute Gasteiger partial charge is 0.256 e. The molecule has 0 aliphatic carbocycles. The summed E-state index contributed by atoms with van der Waals surface area (Å²) in [5.74, 6) is -2.05. The summed E-state index contributed by atoms with van der Waals surface area (Å²) in [4.78, 5) is 12.1. The van der Waals surface area contributed by atoms with Crippen molar-refractivity contribution in [1.29, 1.82) is 5.26 Å². The van der Waals surface area contributed by atoms with Crippen molar-refractivity contribution in [3.05, 3.63) is 57.6 Å². The lowest BCUT2D eigenvalue weighted by atomic mass is 10.1. The third kappa shape index (κ3) is 3.01. The molecular weight excluding hydrogens is 344 g/mol. The second-order valence-electron chi connectivity index (χ2n) is 4.08. The third-order valence-corrected chi connectivity index (χ3v) is 3.36. The SMILES string of the molecule is N#Cc1c(F)cccc1NC(=O)c1cc(N)c(F)cc1Br. The van der Waals surface area contributed by atoms with Crippen LogP contribution in [0.5, 0.6) is 0 Å². The maximum Gasteiger partial charge on any atom is 0.256 e. The second kappa shape index (κ2) is 5.89. The first kappa shape index (κ1) is 14.9. The van der Waals surface area contributed by atoms with Crippen LogP contribution in [0.3, 0.4) is 0 Å². The molecule has 0 bridgehead atoms. The quantitative estimate of drug-likeness (QED) is 0.813. The highest BCUT2D eigenvalue weighted by atomic mass is 79.9. The van der Waals surface area contributed by atoms with Gasteiger partial charge in [-0.3, -0.25) is 4.79 Å². The van der Waals surface area contributed by atoms with Gasteiger partial charge in [0.25, 0.3) is 5.91 Å². The average Bonchev–Trinajstić information content (AvgIpc) is 2.43. The Bertz CT molecular complexity index is 772. The number of hydrogen-bond acceptors (Lipinski definition) is 3. The molecule has 0 aliphatic heterocycles. The van der Waals surface area contributed by atoms with Crippen molar-refractivity contribution < 1.29 is 13.6 Å². The number of amides is 1. The van der Waals surface area contributed by atoms with E-state index >= 15 is 0 Å². The Balaban J connectivity index is 2.38. The fourth-order valence-electron chi connectivity index (χ4n) is 1.67. The van der Waals surface area contributed by atoms with Crippen LogP contribution in [0.1, 0.15) is 15.9 Å². The average molecular weight is 352 g/mol. The number of hydrogen-bond donors (Lipinski definition) is 2. The molecule has 0 fully saturated rings. The largest absolute Gasteiger partial charge is 0.396 e. The van der Waals surface area contributed by atoms with Gasteiger partial charge in [0.05, 0.1) is 16.9 Å². The summed E-state index contributed by atoms with van der Waals surface area (Å²) in [6.07, 6.45) is 0. The number of rotatable bonds is 2. The van der Waals surface area contributed by atoms with Gasteiger partial charge in [-0.25, -0.2) is 8.78 Å². The zero-order chi connectivity index (χ0) is 15.6. The lowest BCUT2D eigenvalue weighted by Gasteiger charge is -2.10. The lowest BCUT2D eigenvalue weighted by molar-refractivity contribution is 0.102. The van der Waals surface area contributed by atoms with Crippen LogP contribution >= 0.6 is 15.9 Å². The van der Waals surface area contributed by atoms with Crippen LogP contribution in [-0.2, 0) is 0 Å². The first-order valence-corrected chi connectivity index (χ1v) is 6.48. The lowest BCUT2D eigenvalue weighted by Crippen LogP contribution is -2.14. The Labute approximate surface area is 127 Å². The Morgan fingerprint density at radius 3 is 2.67 bits per heavy atom. The number of nitrogens with one attached hydrogen (secondary N) is 1. The minimum Gasteiger partial charge on any atom is -0.396 e. The summed E-state index contributed by atoms with van der Waals surface area (Å²) in [6.45, 7) is 0. The van der Waals surface area contributed by atoms with Crippen molar-refractivity contribution in [2.75, 3.05) is 11.1 Å². The Morgan fingerprint density at radius 2 is 2.00 bits per heavy atom. The molecule has 0 spiro atoms. The Hall–Kier alpha value is -2.46. The van der Waals surface area contributed by atoms with Crippen molar-refractivity contribution >= 4 is 33.2 Å². The number of nitrogens with two attached hydrogens (primary N) is 1. The molecule has 0 saturated carbocycles. The summed E-state index contributed by atoms with van der Waals surface area (Å²) in [7, 11) is 0. The van der Waals surface area contributed by atoms with Crippen molar-refractivity contribution in [2.24, 2.45) is 0 Å². The third-order valence-electron chi connectivity index (χ3n) is 2.70. The fraction of sp³-hybridized carbons (Fsp3) is 0. The first-order chi connectivity index (χ1) is 9.93. The molecule has 2 aromatic carbocycles. The number of nitrogens with zero attached hydrogens (tertiary/aromatic N) is 1. The van der Waals surface area contributed by atoms with Crippen molar-refractivity contribution in [1.82, 2.24) is 0 Å². The van der Waals surface area contributed by atoms with E-state index in [9.17, 15) is 13.6 Å². The van der Waals surface area contributed by atoms with Gasteiger partial charge in [0.1, 0.15) is 23.3 Å². The van der Waals surface area contributed by atoms with Crippen LogP contribution in [0, 0.1) is 23.0 Å². The van der Waals surface area contributed by atoms with Gasteiger partial charge in [0, 0.05) is 4.47 Å². The highest BCUT2D eigenvalue weighted by Gasteiger charge is 2.16. The predicted octanol–water partition coefficient (Wildman–Crippen LogP) is 3.43. The molecule has 0 atom stereocenters. The van der Waals surface area contributed by atoms with Gasteiger partial charge in [-0.2, -0.15) is 5.26 Å². The number of carbonyl (C=O) groups excluding carboxylic acids is 1. The van der Waals surface area contributed by atoms with E-state index in [4.69, 9.17) is 11.0 Å². The molecule has 7 heteroatoms. The molecule has 2 rings (SSSR count). The van der Waals surface area contributed by atoms with Crippen LogP contribution in [0.2, 0.25) is 0 Å². The van der Waals surface area contributed by atoms with Crippen molar-refractivity contribution in [3.8, 4) is 6.07 Å². The minimum absolute atomic E-state index is 0.0253. The van der Waals surface area contributed by atoms with E-state index in [1.54, 1.807) is 6.07 Å². The summed E-state index contributed by atoms with van der Waals surface area (Å²) >= 11 is 3.05. The molecule has 0 aromatic heterocycles. The molecule has 0 heterocycles. The van der Waals surface area contributed by atoms with Crippen molar-refractivity contribution in [2.45, 2.75) is 0 Å². The highest BCUT2D eigenvalue weighted by Crippen LogP contribution is 2.25. The van der Waals surface area contributed by atoms with Crippen LogP contribution < -0.4 is 11.1 Å². The Morgan fingerprint density at radius 1 is 1.29 bits per heavy atom. The zero-order valence-corrected chi connectivity index (χ0v) is 12.0. The molecule has 106 valence electrons. The number of nitriles is 1. The topological polar surface area (TPSA) is 78.9 Å². The van der Waals surface area contributed by atoms with Gasteiger partial charge in [-0.15, -0.1) is 0 Å². The maximum absolute atomic E-state index is 13.4. The summed E-state index contributed by atoms with van der Waals surface area (Å²) in [5.41, 5.74) is 5.04. The van der Waals surface area contributed by atoms with Crippen LogP contribution in [0.4, 0.5) is 20.2 Å². The minimum atomic E-state index is -0.743. The molecular formula is C14H8BrF2N3O. The van der Waals surface area contributed by atoms with E-state index in [0.29, 0.717) is 0 Å². The highest BCUT2D eigenvalue weighted by molar-refractivity contribution is 9.10. The molecule has 0 saturated heterocycles. The van der Waals surface area contributed by atoms with Gasteiger partial charge >= 0.3 is 0 Å². The summed E-state index contributed by atoms with van der Waals surface area (Å²) in [5, 5.41) is 11.3. The standard InChI is InChI=1S/C14H8BrF2N3O/c15-9-5-11(17)12(19)4-7(9)14(21)20-13-3-1-2-10(16)8(13)6-18/h1-5H,19H2,(H,20,21). The molecule has 3 N–H and O–H groups in total. The molecule has 4 nitrogen and oxygen atoms in total. The van der Waals surface area contributed by atoms with E-state index in [0.717, 1.165) is 18.2 Å². The summed E-state index contributed by atoms with van der Waals surface area (Å²) < 4.78 is 26.9. The molecule has 0 radical (unpaired) electrons. The molecule has 2 aromatic rings. The van der Waals surface area contributed by atoms with Crippen LogP contribution in [0.15, 0.2) is 34.8 Å². The number of nitrogen functional groups attached to an aromatic ring is 1. The van der Waals surface area contributed by atoms with E-state index < -0.39 is 17.5 Å². The van der Waals surface area contributed by atoms with Gasteiger partial charge < -0.3 is 11.1 Å². The number of halogens is 3. The van der Waals surface area contributed by atoms with Gasteiger partial charge in [-0.05, 0) is 40.2 Å². The fourth-order valence-corrected chi connectivity index (χ4v) is 2.17. The first-order valence-electron chi connectivity index (χ1n) is 5.68. The second-order valence-corrected chi connectivity index (χ2v) is 4.94. The van der Waals surface area contributed by atoms with Crippen LogP contribution in [0.25, 0.3) is 0 Å². The maximum atomic E-state index is 13.4.